The highest BCUT2D eigenvalue weighted by Crippen LogP contribution is 2.27. The summed E-state index contributed by atoms with van der Waals surface area (Å²) in [5.74, 6) is 0.285. The number of hydrogen-bond acceptors (Lipinski definition) is 3. The summed E-state index contributed by atoms with van der Waals surface area (Å²) in [5, 5.41) is 11.9. The van der Waals surface area contributed by atoms with Crippen LogP contribution in [0.2, 0.25) is 0 Å². The van der Waals surface area contributed by atoms with Crippen LogP contribution in [0.25, 0.3) is 10.9 Å². The van der Waals surface area contributed by atoms with Gasteiger partial charge in [-0.3, -0.25) is 9.48 Å². The van der Waals surface area contributed by atoms with Gasteiger partial charge in [-0.05, 0) is 23.6 Å². The molecule has 3 aromatic rings. The summed E-state index contributed by atoms with van der Waals surface area (Å²) < 4.78 is 1.79. The number of aromatic amines is 1. The number of carbonyl (C=O) groups is 1. The summed E-state index contributed by atoms with van der Waals surface area (Å²) in [7, 11) is 1.90. The normalized spacial score (nSPS) is 19.4. The molecule has 1 amide bonds. The van der Waals surface area contributed by atoms with E-state index < -0.39 is 0 Å². The van der Waals surface area contributed by atoms with E-state index in [1.165, 1.54) is 10.9 Å². The first-order valence-corrected chi connectivity index (χ1v) is 8.74. The molecular weight excluding hydrogens is 350 g/mol. The number of para-hydroxylation sites is 1. The summed E-state index contributed by atoms with van der Waals surface area (Å²) in [4.78, 5) is 15.9. The van der Waals surface area contributed by atoms with Gasteiger partial charge in [-0.2, -0.15) is 5.10 Å². The number of halogens is 1. The number of aryl methyl sites for hydroxylation is 1. The molecule has 1 fully saturated rings. The lowest BCUT2D eigenvalue weighted by Gasteiger charge is -2.17. The number of H-pyrrole nitrogens is 1. The molecule has 0 spiro atoms. The molecule has 3 heterocycles. The lowest BCUT2D eigenvalue weighted by molar-refractivity contribution is -0.124. The van der Waals surface area contributed by atoms with E-state index in [1.54, 1.807) is 4.68 Å². The topological polar surface area (TPSA) is 74.7 Å². The van der Waals surface area contributed by atoms with Gasteiger partial charge in [0.05, 0.1) is 12.1 Å². The van der Waals surface area contributed by atoms with Gasteiger partial charge in [-0.15, -0.1) is 12.4 Å². The maximum atomic E-state index is 12.6. The molecule has 26 heavy (non-hydrogen) atoms. The van der Waals surface area contributed by atoms with Gasteiger partial charge < -0.3 is 15.6 Å². The SMILES string of the molecule is Cl.Cn1cc([C@H]2CNC[C@@H]2C(=O)NCCc2c[nH]c3ccccc23)cn1. The predicted molar refractivity (Wildman–Crippen MR) is 105 cm³/mol. The standard InChI is InChI=1S/C19H23N5O.ClH/c1-24-12-14(9-23-24)16-10-20-11-17(16)19(25)21-7-6-13-8-22-18-5-3-2-4-15(13)18;/h2-5,8-9,12,16-17,20,22H,6-7,10-11H2,1H3,(H,21,25);1H/t16-,17+;/m1./s1. The smallest absolute Gasteiger partial charge is 0.225 e. The van der Waals surface area contributed by atoms with Gasteiger partial charge in [0.15, 0.2) is 0 Å². The quantitative estimate of drug-likeness (QED) is 0.640. The summed E-state index contributed by atoms with van der Waals surface area (Å²) in [6, 6.07) is 8.25. The minimum Gasteiger partial charge on any atom is -0.361 e. The van der Waals surface area contributed by atoms with Crippen molar-refractivity contribution in [2.45, 2.75) is 12.3 Å². The highest BCUT2D eigenvalue weighted by atomic mass is 35.5. The second-order valence-electron chi connectivity index (χ2n) is 6.72. The largest absolute Gasteiger partial charge is 0.361 e. The number of nitrogens with zero attached hydrogens (tertiary/aromatic N) is 2. The molecule has 1 saturated heterocycles. The van der Waals surface area contributed by atoms with E-state index in [2.05, 4.69) is 32.8 Å². The Bertz CT molecular complexity index is 887. The average molecular weight is 374 g/mol. The minimum atomic E-state index is -0.0350. The molecular formula is C19H24ClN5O. The van der Waals surface area contributed by atoms with E-state index in [0.717, 1.165) is 30.6 Å². The monoisotopic (exact) mass is 373 g/mol. The first-order valence-electron chi connectivity index (χ1n) is 8.74. The van der Waals surface area contributed by atoms with Crippen molar-refractivity contribution in [1.29, 1.82) is 0 Å². The minimum absolute atomic E-state index is 0. The van der Waals surface area contributed by atoms with Crippen LogP contribution in [0.15, 0.2) is 42.9 Å². The van der Waals surface area contributed by atoms with Crippen LogP contribution in [-0.4, -0.2) is 40.3 Å². The molecule has 7 heteroatoms. The summed E-state index contributed by atoms with van der Waals surface area (Å²) >= 11 is 0. The lowest BCUT2D eigenvalue weighted by atomic mass is 9.90. The number of amides is 1. The molecule has 6 nitrogen and oxygen atoms in total. The molecule has 0 saturated carbocycles. The molecule has 1 aliphatic heterocycles. The molecule has 0 aliphatic carbocycles. The van der Waals surface area contributed by atoms with Gasteiger partial charge in [0.25, 0.3) is 0 Å². The second kappa shape index (κ2) is 7.93. The number of aromatic nitrogens is 3. The van der Waals surface area contributed by atoms with Crippen LogP contribution >= 0.6 is 12.4 Å². The zero-order chi connectivity index (χ0) is 17.2. The Balaban J connectivity index is 0.00000196. The van der Waals surface area contributed by atoms with Crippen LogP contribution in [-0.2, 0) is 18.3 Å². The van der Waals surface area contributed by atoms with Crippen molar-refractivity contribution in [2.75, 3.05) is 19.6 Å². The molecule has 138 valence electrons. The van der Waals surface area contributed by atoms with E-state index in [1.807, 2.05) is 37.8 Å². The fraction of sp³-hybridized carbons (Fsp3) is 0.368. The highest BCUT2D eigenvalue weighted by molar-refractivity contribution is 5.85. The number of rotatable bonds is 5. The third-order valence-electron chi connectivity index (χ3n) is 5.07. The molecule has 0 bridgehead atoms. The van der Waals surface area contributed by atoms with E-state index in [9.17, 15) is 4.79 Å². The van der Waals surface area contributed by atoms with Crippen molar-refractivity contribution < 1.29 is 4.79 Å². The number of hydrogen-bond donors (Lipinski definition) is 3. The third kappa shape index (κ3) is 3.61. The van der Waals surface area contributed by atoms with Gasteiger partial charge >= 0.3 is 0 Å². The van der Waals surface area contributed by atoms with E-state index in [-0.39, 0.29) is 30.2 Å². The van der Waals surface area contributed by atoms with E-state index in [4.69, 9.17) is 0 Å². The first kappa shape index (κ1) is 18.5. The second-order valence-corrected chi connectivity index (χ2v) is 6.72. The van der Waals surface area contributed by atoms with Gasteiger partial charge in [0.2, 0.25) is 5.91 Å². The van der Waals surface area contributed by atoms with Crippen molar-refractivity contribution in [1.82, 2.24) is 25.4 Å². The van der Waals surface area contributed by atoms with Crippen LogP contribution in [0, 0.1) is 5.92 Å². The van der Waals surface area contributed by atoms with Gasteiger partial charge in [-0.25, -0.2) is 0 Å². The molecule has 2 atom stereocenters. The Morgan fingerprint density at radius 3 is 3.00 bits per heavy atom. The summed E-state index contributed by atoms with van der Waals surface area (Å²) in [6.45, 7) is 2.20. The maximum Gasteiger partial charge on any atom is 0.225 e. The Morgan fingerprint density at radius 2 is 2.19 bits per heavy atom. The number of nitrogens with one attached hydrogen (secondary N) is 3. The molecule has 4 rings (SSSR count). The zero-order valence-electron chi connectivity index (χ0n) is 14.7. The number of fused-ring (bicyclic) bond motifs is 1. The van der Waals surface area contributed by atoms with Crippen molar-refractivity contribution in [3.8, 4) is 0 Å². The van der Waals surface area contributed by atoms with E-state index in [0.29, 0.717) is 6.54 Å². The average Bonchev–Trinajstić information content (AvgIpc) is 3.34. The Hall–Kier alpha value is -2.31. The molecule has 2 aromatic heterocycles. The summed E-state index contributed by atoms with van der Waals surface area (Å²) in [5.41, 5.74) is 3.51. The Kier molecular flexibility index (Phi) is 5.64. The van der Waals surface area contributed by atoms with Crippen LogP contribution in [0.3, 0.4) is 0 Å². The fourth-order valence-electron chi connectivity index (χ4n) is 3.73. The zero-order valence-corrected chi connectivity index (χ0v) is 15.6. The number of carbonyl (C=O) groups excluding carboxylic acids is 1. The lowest BCUT2D eigenvalue weighted by Crippen LogP contribution is -2.35. The molecule has 3 N–H and O–H groups in total. The molecule has 1 aliphatic rings. The molecule has 0 radical (unpaired) electrons. The van der Waals surface area contributed by atoms with Crippen LogP contribution in [0.1, 0.15) is 17.0 Å². The van der Waals surface area contributed by atoms with Crippen molar-refractivity contribution in [2.24, 2.45) is 13.0 Å². The van der Waals surface area contributed by atoms with Crippen LogP contribution < -0.4 is 10.6 Å². The van der Waals surface area contributed by atoms with E-state index >= 15 is 0 Å². The summed E-state index contributed by atoms with van der Waals surface area (Å²) in [6.07, 6.45) is 6.73. The van der Waals surface area contributed by atoms with Gasteiger partial charge in [0.1, 0.15) is 0 Å². The van der Waals surface area contributed by atoms with Crippen molar-refractivity contribution >= 4 is 29.2 Å². The maximum absolute atomic E-state index is 12.6. The predicted octanol–water partition coefficient (Wildman–Crippen LogP) is 1.99. The van der Waals surface area contributed by atoms with Crippen LogP contribution in [0.4, 0.5) is 0 Å². The molecule has 0 unspecified atom stereocenters. The first-order chi connectivity index (χ1) is 12.2. The van der Waals surface area contributed by atoms with Gasteiger partial charge in [0, 0.05) is 55.9 Å². The van der Waals surface area contributed by atoms with Crippen LogP contribution in [0.5, 0.6) is 0 Å². The fourth-order valence-corrected chi connectivity index (χ4v) is 3.73. The van der Waals surface area contributed by atoms with Crippen molar-refractivity contribution in [3.63, 3.8) is 0 Å². The highest BCUT2D eigenvalue weighted by Gasteiger charge is 2.34. The third-order valence-corrected chi connectivity index (χ3v) is 5.07. The van der Waals surface area contributed by atoms with Crippen molar-refractivity contribution in [3.05, 3.63) is 54.0 Å². The Labute approximate surface area is 158 Å². The molecule has 1 aromatic carbocycles. The van der Waals surface area contributed by atoms with Gasteiger partial charge in [-0.1, -0.05) is 18.2 Å². The Morgan fingerprint density at radius 1 is 1.35 bits per heavy atom. The number of benzene rings is 1.